The van der Waals surface area contributed by atoms with Crippen molar-refractivity contribution in [1.29, 1.82) is 0 Å². The van der Waals surface area contributed by atoms with E-state index in [1.165, 1.54) is 30.6 Å². The Morgan fingerprint density at radius 1 is 1.28 bits per heavy atom. The molecular weight excluding hydrogens is 242 g/mol. The van der Waals surface area contributed by atoms with Crippen LogP contribution >= 0.6 is 11.3 Å². The average molecular weight is 259 g/mol. The van der Waals surface area contributed by atoms with E-state index in [2.05, 4.69) is 9.97 Å². The molecule has 2 aromatic heterocycles. The number of nitrogens with two attached hydrogens (primary N) is 1. The van der Waals surface area contributed by atoms with Crippen LogP contribution in [0, 0.1) is 0 Å². The molecule has 0 spiro atoms. The zero-order valence-corrected chi connectivity index (χ0v) is 11.1. The first-order chi connectivity index (χ1) is 8.88. The molecule has 0 amide bonds. The van der Waals surface area contributed by atoms with Gasteiger partial charge in [0.1, 0.15) is 10.7 Å². The molecule has 0 unspecified atom stereocenters. The molecule has 1 saturated carbocycles. The van der Waals surface area contributed by atoms with E-state index in [4.69, 9.17) is 5.73 Å². The van der Waals surface area contributed by atoms with Crippen molar-refractivity contribution < 1.29 is 0 Å². The van der Waals surface area contributed by atoms with E-state index in [0.29, 0.717) is 12.5 Å². The lowest BCUT2D eigenvalue weighted by Crippen LogP contribution is -1.95. The van der Waals surface area contributed by atoms with Gasteiger partial charge < -0.3 is 5.73 Å². The highest BCUT2D eigenvalue weighted by atomic mass is 32.1. The molecule has 2 N–H and O–H groups in total. The largest absolute Gasteiger partial charge is 0.325 e. The molecule has 0 aromatic carbocycles. The van der Waals surface area contributed by atoms with Crippen LogP contribution in [0.25, 0.3) is 11.4 Å². The molecule has 2 aromatic rings. The third kappa shape index (κ3) is 2.18. The Labute approximate surface area is 111 Å². The van der Waals surface area contributed by atoms with Gasteiger partial charge in [-0.25, -0.2) is 4.98 Å². The molecular formula is C14H17N3S. The molecule has 2 heterocycles. The molecule has 0 bridgehead atoms. The van der Waals surface area contributed by atoms with Gasteiger partial charge in [-0.1, -0.05) is 18.9 Å². The van der Waals surface area contributed by atoms with Crippen LogP contribution in [0.2, 0.25) is 0 Å². The summed E-state index contributed by atoms with van der Waals surface area (Å²) in [7, 11) is 0. The molecule has 18 heavy (non-hydrogen) atoms. The monoisotopic (exact) mass is 259 g/mol. The van der Waals surface area contributed by atoms with Gasteiger partial charge in [0.15, 0.2) is 0 Å². The Hall–Kier alpha value is -1.26. The van der Waals surface area contributed by atoms with Crippen LogP contribution in [-0.2, 0) is 6.54 Å². The summed E-state index contributed by atoms with van der Waals surface area (Å²) < 4.78 is 0. The van der Waals surface area contributed by atoms with Crippen molar-refractivity contribution in [2.75, 3.05) is 0 Å². The standard InChI is InChI=1S/C14H17N3S/c15-9-12-17-13(11-7-3-4-8-16-11)14(18-12)10-5-1-2-6-10/h3-4,7-8,10H,1-2,5-6,9,15H2. The number of aromatic nitrogens is 2. The second-order valence-electron chi connectivity index (χ2n) is 4.72. The third-order valence-electron chi connectivity index (χ3n) is 3.51. The summed E-state index contributed by atoms with van der Waals surface area (Å²) >= 11 is 1.78. The maximum absolute atomic E-state index is 5.74. The van der Waals surface area contributed by atoms with Gasteiger partial charge in [0.05, 0.1) is 5.69 Å². The third-order valence-corrected chi connectivity index (χ3v) is 4.75. The molecule has 0 radical (unpaired) electrons. The summed E-state index contributed by atoms with van der Waals surface area (Å²) in [6, 6.07) is 5.99. The zero-order chi connectivity index (χ0) is 12.4. The summed E-state index contributed by atoms with van der Waals surface area (Å²) in [5.41, 5.74) is 7.78. The number of pyridine rings is 1. The van der Waals surface area contributed by atoms with Crippen LogP contribution in [0.1, 0.15) is 41.5 Å². The van der Waals surface area contributed by atoms with E-state index in [1.54, 1.807) is 11.3 Å². The maximum atomic E-state index is 5.74. The number of hydrogen-bond donors (Lipinski definition) is 1. The Morgan fingerprint density at radius 2 is 2.11 bits per heavy atom. The summed E-state index contributed by atoms with van der Waals surface area (Å²) in [6.07, 6.45) is 7.07. The Balaban J connectivity index is 2.04. The molecule has 3 nitrogen and oxygen atoms in total. The lowest BCUT2D eigenvalue weighted by molar-refractivity contribution is 0.737. The van der Waals surface area contributed by atoms with Crippen LogP contribution in [0.3, 0.4) is 0 Å². The topological polar surface area (TPSA) is 51.8 Å². The van der Waals surface area contributed by atoms with Gasteiger partial charge in [0.2, 0.25) is 0 Å². The molecule has 1 aliphatic rings. The summed E-state index contributed by atoms with van der Waals surface area (Å²) in [6.45, 7) is 0.525. The van der Waals surface area contributed by atoms with Crippen LogP contribution < -0.4 is 5.73 Å². The number of thiazole rings is 1. The van der Waals surface area contributed by atoms with Crippen molar-refractivity contribution in [1.82, 2.24) is 9.97 Å². The fraction of sp³-hybridized carbons (Fsp3) is 0.429. The minimum absolute atomic E-state index is 0.525. The number of hydrogen-bond acceptors (Lipinski definition) is 4. The summed E-state index contributed by atoms with van der Waals surface area (Å²) in [5, 5.41) is 1.03. The van der Waals surface area contributed by atoms with Crippen molar-refractivity contribution in [3.63, 3.8) is 0 Å². The zero-order valence-electron chi connectivity index (χ0n) is 10.3. The van der Waals surface area contributed by atoms with E-state index in [0.717, 1.165) is 16.4 Å². The van der Waals surface area contributed by atoms with E-state index in [-0.39, 0.29) is 0 Å². The van der Waals surface area contributed by atoms with Gasteiger partial charge in [-0.05, 0) is 30.9 Å². The molecule has 94 valence electrons. The van der Waals surface area contributed by atoms with Crippen LogP contribution in [0.15, 0.2) is 24.4 Å². The maximum Gasteiger partial charge on any atom is 0.107 e. The number of nitrogens with zero attached hydrogens (tertiary/aromatic N) is 2. The fourth-order valence-electron chi connectivity index (χ4n) is 2.62. The van der Waals surface area contributed by atoms with Gasteiger partial charge >= 0.3 is 0 Å². The lowest BCUT2D eigenvalue weighted by atomic mass is 10.0. The highest BCUT2D eigenvalue weighted by Crippen LogP contribution is 2.41. The highest BCUT2D eigenvalue weighted by molar-refractivity contribution is 7.12. The Morgan fingerprint density at radius 3 is 2.78 bits per heavy atom. The van der Waals surface area contributed by atoms with Crippen molar-refractivity contribution in [3.8, 4) is 11.4 Å². The van der Waals surface area contributed by atoms with Crippen molar-refractivity contribution in [3.05, 3.63) is 34.3 Å². The van der Waals surface area contributed by atoms with Crippen molar-refractivity contribution >= 4 is 11.3 Å². The van der Waals surface area contributed by atoms with Gasteiger partial charge in [0, 0.05) is 17.6 Å². The molecule has 1 fully saturated rings. The van der Waals surface area contributed by atoms with Crippen LogP contribution in [0.5, 0.6) is 0 Å². The van der Waals surface area contributed by atoms with E-state index in [1.807, 2.05) is 24.4 Å². The first kappa shape index (κ1) is 11.8. The quantitative estimate of drug-likeness (QED) is 0.920. The van der Waals surface area contributed by atoms with Gasteiger partial charge in [0.25, 0.3) is 0 Å². The van der Waals surface area contributed by atoms with E-state index >= 15 is 0 Å². The summed E-state index contributed by atoms with van der Waals surface area (Å²) in [5.74, 6) is 0.666. The van der Waals surface area contributed by atoms with E-state index < -0.39 is 0 Å². The second kappa shape index (κ2) is 5.16. The Kier molecular flexibility index (Phi) is 3.39. The molecule has 0 atom stereocenters. The summed E-state index contributed by atoms with van der Waals surface area (Å²) in [4.78, 5) is 10.5. The fourth-order valence-corrected chi connectivity index (χ4v) is 3.74. The van der Waals surface area contributed by atoms with Crippen molar-refractivity contribution in [2.45, 2.75) is 38.1 Å². The smallest absolute Gasteiger partial charge is 0.107 e. The van der Waals surface area contributed by atoms with Gasteiger partial charge in [-0.2, -0.15) is 0 Å². The van der Waals surface area contributed by atoms with E-state index in [9.17, 15) is 0 Å². The highest BCUT2D eigenvalue weighted by Gasteiger charge is 2.24. The molecule has 3 rings (SSSR count). The molecule has 4 heteroatoms. The molecule has 1 aliphatic carbocycles. The molecule has 0 aliphatic heterocycles. The van der Waals surface area contributed by atoms with Crippen molar-refractivity contribution in [2.24, 2.45) is 5.73 Å². The second-order valence-corrected chi connectivity index (χ2v) is 5.84. The minimum atomic E-state index is 0.525. The normalized spacial score (nSPS) is 16.3. The lowest BCUT2D eigenvalue weighted by Gasteiger charge is -2.08. The average Bonchev–Trinajstić information content (AvgIpc) is 3.08. The van der Waals surface area contributed by atoms with Crippen LogP contribution in [-0.4, -0.2) is 9.97 Å². The van der Waals surface area contributed by atoms with Gasteiger partial charge in [-0.3, -0.25) is 4.98 Å². The number of rotatable bonds is 3. The van der Waals surface area contributed by atoms with Crippen LogP contribution in [0.4, 0.5) is 0 Å². The Bertz CT molecular complexity index is 515. The predicted molar refractivity (Wildman–Crippen MR) is 74.4 cm³/mol. The first-order valence-corrected chi connectivity index (χ1v) is 7.31. The molecule has 0 saturated heterocycles. The predicted octanol–water partition coefficient (Wildman–Crippen LogP) is 3.32. The SMILES string of the molecule is NCc1nc(-c2ccccn2)c(C2CCCC2)s1. The minimum Gasteiger partial charge on any atom is -0.325 e. The van der Waals surface area contributed by atoms with Gasteiger partial charge in [-0.15, -0.1) is 11.3 Å². The first-order valence-electron chi connectivity index (χ1n) is 6.49.